The van der Waals surface area contributed by atoms with E-state index in [1.54, 1.807) is 0 Å². The highest BCUT2D eigenvalue weighted by Crippen LogP contribution is 2.23. The van der Waals surface area contributed by atoms with E-state index >= 15 is 0 Å². The predicted molar refractivity (Wildman–Crippen MR) is 36.7 cm³/mol. The summed E-state index contributed by atoms with van der Waals surface area (Å²) in [6.07, 6.45) is -7.57. The van der Waals surface area contributed by atoms with Gasteiger partial charge in [0, 0.05) is 5.57 Å². The lowest BCUT2D eigenvalue weighted by Gasteiger charge is -2.17. The number of hydrogen-bond donors (Lipinski definition) is 0. The maximum Gasteiger partial charge on any atom is 0.428 e. The number of ether oxygens (including phenoxy) is 1. The topological polar surface area (TPSA) is 26.3 Å². The zero-order chi connectivity index (χ0) is 10.6. The number of halogens is 4. The molecule has 0 N–H and O–H groups in total. The lowest BCUT2D eigenvalue weighted by Crippen LogP contribution is -2.35. The fraction of sp³-hybridized carbons (Fsp3) is 0.571. The molecule has 0 amide bonds. The number of rotatable bonds is 3. The van der Waals surface area contributed by atoms with Crippen LogP contribution in [0.5, 0.6) is 0 Å². The molecule has 76 valence electrons. The maximum absolute atomic E-state index is 11.8. The molecule has 0 fully saturated rings. The van der Waals surface area contributed by atoms with E-state index in [0.717, 1.165) is 0 Å². The van der Waals surface area contributed by atoms with Crippen molar-refractivity contribution in [3.8, 4) is 0 Å². The quantitative estimate of drug-likeness (QED) is 0.395. The first-order chi connectivity index (χ1) is 5.79. The van der Waals surface area contributed by atoms with Crippen molar-refractivity contribution in [1.29, 1.82) is 0 Å². The fourth-order valence-electron chi connectivity index (χ4n) is 0.416. The number of esters is 1. The standard InChI is InChI=1S/C7H8F4O2/c1-4(2)6(12)13-5(3-8)7(9,10)11/h5H,1,3H2,2H3. The van der Waals surface area contributed by atoms with Gasteiger partial charge in [0.1, 0.15) is 6.67 Å². The van der Waals surface area contributed by atoms with Gasteiger partial charge in [-0.2, -0.15) is 13.2 Å². The van der Waals surface area contributed by atoms with E-state index in [-0.39, 0.29) is 5.57 Å². The van der Waals surface area contributed by atoms with Crippen LogP contribution in [0.4, 0.5) is 17.6 Å². The van der Waals surface area contributed by atoms with Gasteiger partial charge in [-0.1, -0.05) is 6.58 Å². The molecule has 0 aromatic heterocycles. The summed E-state index contributed by atoms with van der Waals surface area (Å²) in [5.41, 5.74) is -0.206. The monoisotopic (exact) mass is 200 g/mol. The van der Waals surface area contributed by atoms with Crippen molar-refractivity contribution >= 4 is 5.97 Å². The molecule has 13 heavy (non-hydrogen) atoms. The fourth-order valence-corrected chi connectivity index (χ4v) is 0.416. The summed E-state index contributed by atoms with van der Waals surface area (Å²) >= 11 is 0. The Hall–Kier alpha value is -1.07. The van der Waals surface area contributed by atoms with E-state index in [1.807, 2.05) is 0 Å². The Balaban J connectivity index is 4.31. The molecule has 0 aromatic rings. The molecule has 0 radical (unpaired) electrons. The van der Waals surface area contributed by atoms with E-state index in [4.69, 9.17) is 0 Å². The summed E-state index contributed by atoms with van der Waals surface area (Å²) in [4.78, 5) is 10.6. The molecule has 1 unspecified atom stereocenters. The summed E-state index contributed by atoms with van der Waals surface area (Å²) in [5, 5.41) is 0. The molecule has 0 spiro atoms. The minimum absolute atomic E-state index is 0.206. The Kier molecular flexibility index (Phi) is 3.90. The molecule has 6 heteroatoms. The average molecular weight is 200 g/mol. The lowest BCUT2D eigenvalue weighted by atomic mass is 10.3. The third-order valence-electron chi connectivity index (χ3n) is 1.10. The molecule has 0 saturated heterocycles. The normalized spacial score (nSPS) is 13.6. The molecule has 0 heterocycles. The molecular formula is C7H8F4O2. The first-order valence-corrected chi connectivity index (χ1v) is 3.28. The summed E-state index contributed by atoms with van der Waals surface area (Å²) in [6, 6.07) is 0. The summed E-state index contributed by atoms with van der Waals surface area (Å²) in [6.45, 7) is 2.45. The Morgan fingerprint density at radius 3 is 2.23 bits per heavy atom. The summed E-state index contributed by atoms with van der Waals surface area (Å²) in [5.74, 6) is -1.25. The van der Waals surface area contributed by atoms with Gasteiger partial charge in [-0.15, -0.1) is 0 Å². The van der Waals surface area contributed by atoms with Crippen molar-refractivity contribution in [2.45, 2.75) is 19.2 Å². The zero-order valence-corrected chi connectivity index (χ0v) is 6.82. The molecule has 0 aromatic carbocycles. The van der Waals surface area contributed by atoms with Gasteiger partial charge in [0.05, 0.1) is 0 Å². The Morgan fingerprint density at radius 1 is 1.54 bits per heavy atom. The van der Waals surface area contributed by atoms with E-state index in [0.29, 0.717) is 0 Å². The van der Waals surface area contributed by atoms with Crippen LogP contribution in [0.25, 0.3) is 0 Å². The number of alkyl halides is 4. The second-order valence-corrected chi connectivity index (χ2v) is 2.37. The van der Waals surface area contributed by atoms with Crippen LogP contribution >= 0.6 is 0 Å². The van der Waals surface area contributed by atoms with E-state index in [1.165, 1.54) is 6.92 Å². The first-order valence-electron chi connectivity index (χ1n) is 3.28. The van der Waals surface area contributed by atoms with Crippen LogP contribution in [0.15, 0.2) is 12.2 Å². The molecule has 0 aliphatic rings. The molecule has 0 aliphatic heterocycles. The van der Waals surface area contributed by atoms with Crippen molar-refractivity contribution < 1.29 is 27.1 Å². The van der Waals surface area contributed by atoms with Gasteiger partial charge in [-0.05, 0) is 6.92 Å². The van der Waals surface area contributed by atoms with Gasteiger partial charge in [0.2, 0.25) is 6.10 Å². The Morgan fingerprint density at radius 2 is 2.00 bits per heavy atom. The third-order valence-corrected chi connectivity index (χ3v) is 1.10. The number of carbonyl (C=O) groups excluding carboxylic acids is 1. The van der Waals surface area contributed by atoms with Crippen LogP contribution in [0.1, 0.15) is 6.92 Å². The second-order valence-electron chi connectivity index (χ2n) is 2.37. The highest BCUT2D eigenvalue weighted by molar-refractivity contribution is 5.87. The van der Waals surface area contributed by atoms with Crippen molar-refractivity contribution in [3.05, 3.63) is 12.2 Å². The lowest BCUT2D eigenvalue weighted by molar-refractivity contribution is -0.222. The van der Waals surface area contributed by atoms with Gasteiger partial charge in [-0.3, -0.25) is 0 Å². The summed E-state index contributed by atoms with van der Waals surface area (Å²) in [7, 11) is 0. The maximum atomic E-state index is 11.8. The second kappa shape index (κ2) is 4.25. The van der Waals surface area contributed by atoms with Crippen LogP contribution in [0.3, 0.4) is 0 Å². The molecule has 0 saturated carbocycles. The highest BCUT2D eigenvalue weighted by atomic mass is 19.4. The molecular weight excluding hydrogens is 192 g/mol. The zero-order valence-electron chi connectivity index (χ0n) is 6.82. The van der Waals surface area contributed by atoms with Crippen molar-refractivity contribution in [1.82, 2.24) is 0 Å². The molecule has 0 rings (SSSR count). The minimum atomic E-state index is -4.88. The highest BCUT2D eigenvalue weighted by Gasteiger charge is 2.43. The number of carbonyl (C=O) groups is 1. The molecule has 0 bridgehead atoms. The average Bonchev–Trinajstić information content (AvgIpc) is 1.96. The van der Waals surface area contributed by atoms with Gasteiger partial charge in [0.15, 0.2) is 0 Å². The number of hydrogen-bond acceptors (Lipinski definition) is 2. The van der Waals surface area contributed by atoms with Gasteiger partial charge < -0.3 is 4.74 Å². The molecule has 1 atom stereocenters. The van der Waals surface area contributed by atoms with Crippen LogP contribution in [0, 0.1) is 0 Å². The van der Waals surface area contributed by atoms with E-state index in [2.05, 4.69) is 11.3 Å². The summed E-state index contributed by atoms with van der Waals surface area (Å²) < 4.78 is 50.9. The third kappa shape index (κ3) is 3.91. The molecule has 2 nitrogen and oxygen atoms in total. The van der Waals surface area contributed by atoms with Crippen LogP contribution < -0.4 is 0 Å². The van der Waals surface area contributed by atoms with Crippen molar-refractivity contribution in [2.75, 3.05) is 6.67 Å². The Bertz CT molecular complexity index is 209. The van der Waals surface area contributed by atoms with Gasteiger partial charge in [-0.25, -0.2) is 9.18 Å². The van der Waals surface area contributed by atoms with E-state index in [9.17, 15) is 22.4 Å². The van der Waals surface area contributed by atoms with Gasteiger partial charge >= 0.3 is 12.1 Å². The first kappa shape index (κ1) is 11.9. The van der Waals surface area contributed by atoms with Crippen LogP contribution in [-0.4, -0.2) is 24.9 Å². The predicted octanol–water partition coefficient (Wildman–Crippen LogP) is 2.01. The van der Waals surface area contributed by atoms with Crippen LogP contribution in [0.2, 0.25) is 0 Å². The largest absolute Gasteiger partial charge is 0.446 e. The smallest absolute Gasteiger partial charge is 0.428 e. The van der Waals surface area contributed by atoms with Crippen molar-refractivity contribution in [2.24, 2.45) is 0 Å². The molecule has 0 aliphatic carbocycles. The minimum Gasteiger partial charge on any atom is -0.446 e. The SMILES string of the molecule is C=C(C)C(=O)OC(CF)C(F)(F)F. The van der Waals surface area contributed by atoms with Gasteiger partial charge in [0.25, 0.3) is 0 Å². The Labute approximate surface area is 72.2 Å². The van der Waals surface area contributed by atoms with Crippen molar-refractivity contribution in [3.63, 3.8) is 0 Å². The van der Waals surface area contributed by atoms with E-state index < -0.39 is 24.9 Å². The van der Waals surface area contributed by atoms with Crippen LogP contribution in [-0.2, 0) is 9.53 Å².